The molecule has 1 aliphatic heterocycles. The molecule has 1 atom stereocenters. The van der Waals surface area contributed by atoms with Gasteiger partial charge in [0.15, 0.2) is 6.61 Å². The van der Waals surface area contributed by atoms with Gasteiger partial charge in [0, 0.05) is 24.7 Å². The van der Waals surface area contributed by atoms with Gasteiger partial charge in [-0.05, 0) is 32.5 Å². The van der Waals surface area contributed by atoms with Crippen LogP contribution in [0.4, 0.5) is 0 Å². The van der Waals surface area contributed by atoms with Crippen molar-refractivity contribution in [1.29, 1.82) is 0 Å². The van der Waals surface area contributed by atoms with E-state index >= 15 is 0 Å². The number of ether oxygens (including phenoxy) is 2. The summed E-state index contributed by atoms with van der Waals surface area (Å²) < 4.78 is 10.5. The average Bonchev–Trinajstić information content (AvgIpc) is 3.06. The maximum Gasteiger partial charge on any atom is 0.344 e. The van der Waals surface area contributed by atoms with Crippen molar-refractivity contribution >= 4 is 5.97 Å². The quantitative estimate of drug-likeness (QED) is 0.742. The first-order valence-electron chi connectivity index (χ1n) is 8.05. The number of carbonyl (C=O) groups excluding carboxylic acids is 1. The van der Waals surface area contributed by atoms with Crippen LogP contribution < -0.4 is 10.1 Å². The zero-order valence-corrected chi connectivity index (χ0v) is 13.5. The largest absolute Gasteiger partial charge is 0.482 e. The van der Waals surface area contributed by atoms with Gasteiger partial charge >= 0.3 is 5.97 Å². The Morgan fingerprint density at radius 3 is 2.86 bits per heavy atom. The average molecular weight is 306 g/mol. The van der Waals surface area contributed by atoms with Crippen molar-refractivity contribution in [3.05, 3.63) is 29.8 Å². The minimum atomic E-state index is -0.329. The summed E-state index contributed by atoms with van der Waals surface area (Å²) in [6.07, 6.45) is 1.18. The zero-order valence-electron chi connectivity index (χ0n) is 13.5. The molecule has 1 fully saturated rings. The van der Waals surface area contributed by atoms with Crippen LogP contribution in [0.1, 0.15) is 25.8 Å². The predicted octanol–water partition coefficient (Wildman–Crippen LogP) is 1.81. The number of para-hydroxylation sites is 1. The second-order valence-corrected chi connectivity index (χ2v) is 5.41. The molecular formula is C17H26N2O3. The van der Waals surface area contributed by atoms with Gasteiger partial charge in [0.25, 0.3) is 0 Å². The monoisotopic (exact) mass is 306 g/mol. The lowest BCUT2D eigenvalue weighted by molar-refractivity contribution is -0.145. The van der Waals surface area contributed by atoms with Gasteiger partial charge in [0.2, 0.25) is 0 Å². The second-order valence-electron chi connectivity index (χ2n) is 5.41. The Morgan fingerprint density at radius 2 is 2.18 bits per heavy atom. The lowest BCUT2D eigenvalue weighted by Gasteiger charge is -2.27. The molecule has 0 amide bonds. The number of nitrogens with zero attached hydrogens (tertiary/aromatic N) is 1. The Kier molecular flexibility index (Phi) is 6.68. The summed E-state index contributed by atoms with van der Waals surface area (Å²) in [7, 11) is 0. The first-order valence-corrected chi connectivity index (χ1v) is 8.05. The van der Waals surface area contributed by atoms with Gasteiger partial charge in [-0.25, -0.2) is 4.79 Å². The Hall–Kier alpha value is -1.59. The number of carbonyl (C=O) groups is 1. The molecule has 22 heavy (non-hydrogen) atoms. The topological polar surface area (TPSA) is 50.8 Å². The summed E-state index contributed by atoms with van der Waals surface area (Å²) in [6.45, 7) is 8.27. The van der Waals surface area contributed by atoms with Crippen LogP contribution in [-0.2, 0) is 16.1 Å². The van der Waals surface area contributed by atoms with E-state index in [4.69, 9.17) is 9.47 Å². The Labute approximate surface area is 132 Å². The van der Waals surface area contributed by atoms with Crippen molar-refractivity contribution in [3.63, 3.8) is 0 Å². The molecule has 0 radical (unpaired) electrons. The molecule has 0 saturated carbocycles. The third kappa shape index (κ3) is 4.71. The van der Waals surface area contributed by atoms with Crippen molar-refractivity contribution in [2.45, 2.75) is 32.9 Å². The van der Waals surface area contributed by atoms with E-state index < -0.39 is 0 Å². The van der Waals surface area contributed by atoms with Gasteiger partial charge in [-0.3, -0.25) is 4.90 Å². The summed E-state index contributed by atoms with van der Waals surface area (Å²) in [4.78, 5) is 13.9. The van der Waals surface area contributed by atoms with Gasteiger partial charge < -0.3 is 14.8 Å². The highest BCUT2D eigenvalue weighted by atomic mass is 16.6. The number of hydrogen-bond acceptors (Lipinski definition) is 5. The minimum Gasteiger partial charge on any atom is -0.482 e. The zero-order chi connectivity index (χ0) is 15.8. The number of benzene rings is 1. The van der Waals surface area contributed by atoms with Crippen LogP contribution >= 0.6 is 0 Å². The van der Waals surface area contributed by atoms with E-state index in [1.165, 1.54) is 6.42 Å². The fourth-order valence-corrected chi connectivity index (χ4v) is 2.78. The van der Waals surface area contributed by atoms with Gasteiger partial charge in [0.1, 0.15) is 5.75 Å². The van der Waals surface area contributed by atoms with E-state index in [2.05, 4.69) is 23.2 Å². The molecule has 1 unspecified atom stereocenters. The summed E-state index contributed by atoms with van der Waals surface area (Å²) in [5.41, 5.74) is 1.11. The third-order valence-electron chi connectivity index (χ3n) is 3.95. The number of likely N-dealkylation sites (N-methyl/N-ethyl adjacent to an activating group) is 1. The second kappa shape index (κ2) is 8.76. The SMILES string of the molecule is CCOC(=O)COc1ccccc1CN(CC)C1CCNC1. The molecule has 0 bridgehead atoms. The molecular weight excluding hydrogens is 280 g/mol. The molecule has 0 aliphatic carbocycles. The number of nitrogens with one attached hydrogen (secondary N) is 1. The van der Waals surface area contributed by atoms with Crippen LogP contribution in [0.25, 0.3) is 0 Å². The summed E-state index contributed by atoms with van der Waals surface area (Å²) in [6, 6.07) is 8.48. The predicted molar refractivity (Wildman–Crippen MR) is 85.9 cm³/mol. The third-order valence-corrected chi connectivity index (χ3v) is 3.95. The lowest BCUT2D eigenvalue weighted by atomic mass is 10.1. The number of esters is 1. The molecule has 5 nitrogen and oxygen atoms in total. The molecule has 5 heteroatoms. The molecule has 2 rings (SSSR count). The number of rotatable bonds is 8. The van der Waals surface area contributed by atoms with E-state index in [1.807, 2.05) is 18.2 Å². The first kappa shape index (κ1) is 16.8. The van der Waals surface area contributed by atoms with E-state index in [1.54, 1.807) is 6.92 Å². The highest BCUT2D eigenvalue weighted by Crippen LogP contribution is 2.22. The van der Waals surface area contributed by atoms with Crippen molar-refractivity contribution < 1.29 is 14.3 Å². The lowest BCUT2D eigenvalue weighted by Crippen LogP contribution is -2.36. The standard InChI is InChI=1S/C17H26N2O3/c1-3-19(15-9-10-18-11-15)12-14-7-5-6-8-16(14)22-13-17(20)21-4-2/h5-8,15,18H,3-4,9-13H2,1-2H3. The number of hydrogen-bond donors (Lipinski definition) is 1. The molecule has 0 spiro atoms. The van der Waals surface area contributed by atoms with Crippen LogP contribution in [0.2, 0.25) is 0 Å². The van der Waals surface area contributed by atoms with Crippen molar-refractivity contribution in [3.8, 4) is 5.75 Å². The molecule has 0 aromatic heterocycles. The summed E-state index contributed by atoms with van der Waals surface area (Å²) >= 11 is 0. The molecule has 1 aliphatic rings. The van der Waals surface area contributed by atoms with E-state index in [0.717, 1.165) is 37.5 Å². The highest BCUT2D eigenvalue weighted by molar-refractivity contribution is 5.71. The van der Waals surface area contributed by atoms with E-state index in [-0.39, 0.29) is 12.6 Å². The van der Waals surface area contributed by atoms with Gasteiger partial charge in [0.05, 0.1) is 6.61 Å². The molecule has 1 N–H and O–H groups in total. The fourth-order valence-electron chi connectivity index (χ4n) is 2.78. The maximum absolute atomic E-state index is 11.4. The van der Waals surface area contributed by atoms with Gasteiger partial charge in [-0.15, -0.1) is 0 Å². The Morgan fingerprint density at radius 1 is 1.36 bits per heavy atom. The Bertz CT molecular complexity index is 473. The van der Waals surface area contributed by atoms with Crippen LogP contribution in [0.5, 0.6) is 5.75 Å². The van der Waals surface area contributed by atoms with Gasteiger partial charge in [-0.1, -0.05) is 25.1 Å². The van der Waals surface area contributed by atoms with Crippen molar-refractivity contribution in [2.75, 3.05) is 32.8 Å². The van der Waals surface area contributed by atoms with Crippen molar-refractivity contribution in [2.24, 2.45) is 0 Å². The maximum atomic E-state index is 11.4. The van der Waals surface area contributed by atoms with E-state index in [0.29, 0.717) is 12.6 Å². The van der Waals surface area contributed by atoms with Gasteiger partial charge in [-0.2, -0.15) is 0 Å². The van der Waals surface area contributed by atoms with Crippen LogP contribution in [0, 0.1) is 0 Å². The molecule has 1 aromatic rings. The molecule has 1 aromatic carbocycles. The minimum absolute atomic E-state index is 0.0397. The highest BCUT2D eigenvalue weighted by Gasteiger charge is 2.22. The van der Waals surface area contributed by atoms with Crippen molar-refractivity contribution in [1.82, 2.24) is 10.2 Å². The van der Waals surface area contributed by atoms with Crippen LogP contribution in [0.3, 0.4) is 0 Å². The fraction of sp³-hybridized carbons (Fsp3) is 0.588. The molecule has 1 saturated heterocycles. The first-order chi connectivity index (χ1) is 10.7. The smallest absolute Gasteiger partial charge is 0.344 e. The van der Waals surface area contributed by atoms with Crippen LogP contribution in [0.15, 0.2) is 24.3 Å². The molecule has 1 heterocycles. The normalized spacial score (nSPS) is 17.7. The summed E-state index contributed by atoms with van der Waals surface area (Å²) in [5.74, 6) is 0.435. The summed E-state index contributed by atoms with van der Waals surface area (Å²) in [5, 5.41) is 3.41. The van der Waals surface area contributed by atoms with Crippen LogP contribution in [-0.4, -0.2) is 49.8 Å². The Balaban J connectivity index is 1.98. The molecule has 122 valence electrons. The van der Waals surface area contributed by atoms with E-state index in [9.17, 15) is 4.79 Å².